The summed E-state index contributed by atoms with van der Waals surface area (Å²) in [5.74, 6) is 1.29. The molecule has 17 heavy (non-hydrogen) atoms. The lowest BCUT2D eigenvalue weighted by atomic mass is 10.1. The maximum atomic E-state index is 12.3. The predicted molar refractivity (Wildman–Crippen MR) is 73.7 cm³/mol. The second kappa shape index (κ2) is 7.49. The Balaban J connectivity index is 2.45. The third-order valence-corrected chi connectivity index (χ3v) is 5.43. The molecule has 1 N–H and O–H groups in total. The van der Waals surface area contributed by atoms with Crippen molar-refractivity contribution in [2.45, 2.75) is 57.9 Å². The standard InChI is InChI=1S/C13H27NO2S/c1-5-7-14-12(10(2)3)9-17(15)13-6-8-16-11(13)4/h10-14H,5-9H2,1-4H3. The van der Waals surface area contributed by atoms with Gasteiger partial charge in [-0.25, -0.2) is 0 Å². The number of hydrogen-bond acceptors (Lipinski definition) is 3. The van der Waals surface area contributed by atoms with Gasteiger partial charge in [-0.2, -0.15) is 0 Å². The molecule has 1 rings (SSSR count). The number of rotatable bonds is 7. The van der Waals surface area contributed by atoms with Crippen LogP contribution in [0.3, 0.4) is 0 Å². The summed E-state index contributed by atoms with van der Waals surface area (Å²) < 4.78 is 17.8. The Hall–Kier alpha value is 0.0700. The first-order chi connectivity index (χ1) is 8.06. The highest BCUT2D eigenvalue weighted by molar-refractivity contribution is 7.85. The van der Waals surface area contributed by atoms with Gasteiger partial charge >= 0.3 is 0 Å². The number of hydrogen-bond donors (Lipinski definition) is 1. The van der Waals surface area contributed by atoms with Gasteiger partial charge in [-0.15, -0.1) is 0 Å². The molecule has 4 unspecified atom stereocenters. The van der Waals surface area contributed by atoms with Gasteiger partial charge in [-0.3, -0.25) is 4.21 Å². The number of ether oxygens (including phenoxy) is 1. The van der Waals surface area contributed by atoms with Crippen molar-refractivity contribution in [3.8, 4) is 0 Å². The molecule has 1 aliphatic heterocycles. The van der Waals surface area contributed by atoms with Crippen LogP contribution in [0.4, 0.5) is 0 Å². The minimum absolute atomic E-state index is 0.162. The van der Waals surface area contributed by atoms with Crippen LogP contribution in [-0.2, 0) is 15.5 Å². The molecule has 0 aliphatic carbocycles. The lowest BCUT2D eigenvalue weighted by Crippen LogP contribution is -2.41. The van der Waals surface area contributed by atoms with E-state index in [1.807, 2.05) is 6.92 Å². The Morgan fingerprint density at radius 1 is 1.47 bits per heavy atom. The SMILES string of the molecule is CCCNC(CS(=O)C1CCOC1C)C(C)C. The van der Waals surface area contributed by atoms with E-state index in [-0.39, 0.29) is 11.4 Å². The van der Waals surface area contributed by atoms with Gasteiger partial charge in [0.25, 0.3) is 0 Å². The zero-order valence-corrected chi connectivity index (χ0v) is 12.4. The monoisotopic (exact) mass is 261 g/mol. The van der Waals surface area contributed by atoms with Gasteiger partial charge in [0.2, 0.25) is 0 Å². The molecule has 1 aliphatic rings. The lowest BCUT2D eigenvalue weighted by molar-refractivity contribution is 0.127. The van der Waals surface area contributed by atoms with Crippen LogP contribution in [0.1, 0.15) is 40.5 Å². The molecule has 0 aromatic heterocycles. The van der Waals surface area contributed by atoms with E-state index in [1.165, 1.54) is 0 Å². The second-order valence-corrected chi connectivity index (χ2v) is 6.96. The van der Waals surface area contributed by atoms with Crippen LogP contribution in [0.15, 0.2) is 0 Å². The van der Waals surface area contributed by atoms with Crippen LogP contribution < -0.4 is 5.32 Å². The van der Waals surface area contributed by atoms with Crippen LogP contribution in [0, 0.1) is 5.92 Å². The zero-order valence-electron chi connectivity index (χ0n) is 11.6. The predicted octanol–water partition coefficient (Wildman–Crippen LogP) is 1.94. The first-order valence-corrected chi connectivity index (χ1v) is 8.16. The Labute approximate surface area is 108 Å². The normalized spacial score (nSPS) is 28.5. The molecule has 1 heterocycles. The molecule has 0 spiro atoms. The van der Waals surface area contributed by atoms with Crippen molar-refractivity contribution in [3.63, 3.8) is 0 Å². The summed E-state index contributed by atoms with van der Waals surface area (Å²) in [6, 6.07) is 0.364. The van der Waals surface area contributed by atoms with Gasteiger partial charge in [-0.1, -0.05) is 20.8 Å². The zero-order chi connectivity index (χ0) is 12.8. The van der Waals surface area contributed by atoms with E-state index in [4.69, 9.17) is 4.74 Å². The molecular weight excluding hydrogens is 234 g/mol. The van der Waals surface area contributed by atoms with Crippen LogP contribution in [0.2, 0.25) is 0 Å². The molecule has 102 valence electrons. The van der Waals surface area contributed by atoms with Crippen molar-refractivity contribution in [1.82, 2.24) is 5.32 Å². The second-order valence-electron chi connectivity index (χ2n) is 5.26. The van der Waals surface area contributed by atoms with E-state index in [0.29, 0.717) is 12.0 Å². The first kappa shape index (κ1) is 15.1. The van der Waals surface area contributed by atoms with Crippen molar-refractivity contribution in [2.24, 2.45) is 5.92 Å². The average molecular weight is 261 g/mol. The molecule has 0 amide bonds. The highest BCUT2D eigenvalue weighted by atomic mass is 32.2. The van der Waals surface area contributed by atoms with Crippen LogP contribution in [0.25, 0.3) is 0 Å². The fourth-order valence-corrected chi connectivity index (χ4v) is 4.14. The number of nitrogens with one attached hydrogen (secondary N) is 1. The quantitative estimate of drug-likeness (QED) is 0.761. The van der Waals surface area contributed by atoms with Gasteiger partial charge in [-0.05, 0) is 32.2 Å². The van der Waals surface area contributed by atoms with E-state index < -0.39 is 10.8 Å². The van der Waals surface area contributed by atoms with Crippen molar-refractivity contribution >= 4 is 10.8 Å². The maximum Gasteiger partial charge on any atom is 0.0691 e. The van der Waals surface area contributed by atoms with E-state index in [1.54, 1.807) is 0 Å². The summed E-state index contributed by atoms with van der Waals surface area (Å²) >= 11 is 0. The average Bonchev–Trinajstić information content (AvgIpc) is 2.70. The molecule has 0 saturated carbocycles. The van der Waals surface area contributed by atoms with E-state index in [0.717, 1.165) is 31.7 Å². The third-order valence-electron chi connectivity index (χ3n) is 3.45. The van der Waals surface area contributed by atoms with Crippen LogP contribution in [-0.4, -0.2) is 40.5 Å². The van der Waals surface area contributed by atoms with Gasteiger partial charge in [0, 0.05) is 29.2 Å². The molecule has 0 aromatic rings. The van der Waals surface area contributed by atoms with E-state index in [2.05, 4.69) is 26.1 Å². The van der Waals surface area contributed by atoms with Crippen molar-refractivity contribution in [3.05, 3.63) is 0 Å². The summed E-state index contributed by atoms with van der Waals surface area (Å²) in [5, 5.41) is 3.74. The molecule has 0 bridgehead atoms. The summed E-state index contributed by atoms with van der Waals surface area (Å²) in [6.45, 7) is 10.4. The highest BCUT2D eigenvalue weighted by Gasteiger charge is 2.31. The summed E-state index contributed by atoms with van der Waals surface area (Å²) in [7, 11) is -0.767. The molecule has 0 radical (unpaired) electrons. The topological polar surface area (TPSA) is 38.3 Å². The van der Waals surface area contributed by atoms with Crippen molar-refractivity contribution < 1.29 is 8.95 Å². The van der Waals surface area contributed by atoms with Crippen LogP contribution >= 0.6 is 0 Å². The fraction of sp³-hybridized carbons (Fsp3) is 1.00. The molecule has 1 saturated heterocycles. The third kappa shape index (κ3) is 4.68. The smallest absolute Gasteiger partial charge is 0.0691 e. The molecule has 0 aromatic carbocycles. The van der Waals surface area contributed by atoms with Gasteiger partial charge in [0.05, 0.1) is 11.4 Å². The molecular formula is C13H27NO2S. The highest BCUT2D eigenvalue weighted by Crippen LogP contribution is 2.20. The minimum atomic E-state index is -0.767. The molecule has 1 fully saturated rings. The van der Waals surface area contributed by atoms with E-state index >= 15 is 0 Å². The van der Waals surface area contributed by atoms with Gasteiger partial charge in [0.15, 0.2) is 0 Å². The van der Waals surface area contributed by atoms with Crippen molar-refractivity contribution in [2.75, 3.05) is 18.9 Å². The van der Waals surface area contributed by atoms with E-state index in [9.17, 15) is 4.21 Å². The fourth-order valence-electron chi connectivity index (χ4n) is 2.17. The maximum absolute atomic E-state index is 12.3. The minimum Gasteiger partial charge on any atom is -0.377 e. The summed E-state index contributed by atoms with van der Waals surface area (Å²) in [6.07, 6.45) is 2.24. The Morgan fingerprint density at radius 2 is 2.18 bits per heavy atom. The van der Waals surface area contributed by atoms with Crippen LogP contribution in [0.5, 0.6) is 0 Å². The Bertz CT molecular complexity index is 246. The van der Waals surface area contributed by atoms with Gasteiger partial charge < -0.3 is 10.1 Å². The van der Waals surface area contributed by atoms with Crippen molar-refractivity contribution in [1.29, 1.82) is 0 Å². The van der Waals surface area contributed by atoms with Gasteiger partial charge in [0.1, 0.15) is 0 Å². The summed E-state index contributed by atoms with van der Waals surface area (Å²) in [4.78, 5) is 0. The largest absolute Gasteiger partial charge is 0.377 e. The lowest BCUT2D eigenvalue weighted by Gasteiger charge is -2.24. The Kier molecular flexibility index (Phi) is 6.67. The molecule has 4 atom stereocenters. The first-order valence-electron chi connectivity index (χ1n) is 6.78. The molecule has 4 heteroatoms. The Morgan fingerprint density at radius 3 is 2.65 bits per heavy atom. The molecule has 3 nitrogen and oxygen atoms in total. The summed E-state index contributed by atoms with van der Waals surface area (Å²) in [5.41, 5.74) is 0.